The van der Waals surface area contributed by atoms with E-state index in [2.05, 4.69) is 15.6 Å². The van der Waals surface area contributed by atoms with Crippen molar-refractivity contribution >= 4 is 23.5 Å². The Hall–Kier alpha value is -2.44. The molecule has 2 amide bonds. The van der Waals surface area contributed by atoms with E-state index >= 15 is 0 Å². The number of rotatable bonds is 3. The lowest BCUT2D eigenvalue weighted by Gasteiger charge is -2.10. The SMILES string of the molecule is O=C1CCC(C(=O)Nc2ccc(C(=O)O)nc2)N1. The highest BCUT2D eigenvalue weighted by molar-refractivity contribution is 5.99. The van der Waals surface area contributed by atoms with Gasteiger partial charge in [0.05, 0.1) is 11.9 Å². The molecule has 1 aliphatic heterocycles. The van der Waals surface area contributed by atoms with Gasteiger partial charge in [-0.25, -0.2) is 9.78 Å². The Kier molecular flexibility index (Phi) is 3.22. The molecular formula is C11H11N3O4. The van der Waals surface area contributed by atoms with E-state index in [0.717, 1.165) is 0 Å². The molecule has 1 unspecified atom stereocenters. The second-order valence-electron chi connectivity index (χ2n) is 3.89. The molecule has 0 aliphatic carbocycles. The fourth-order valence-electron chi connectivity index (χ4n) is 1.63. The van der Waals surface area contributed by atoms with E-state index in [-0.39, 0.29) is 17.5 Å². The Morgan fingerprint density at radius 2 is 2.22 bits per heavy atom. The van der Waals surface area contributed by atoms with Crippen molar-refractivity contribution in [3.63, 3.8) is 0 Å². The molecule has 94 valence electrons. The Balaban J connectivity index is 1.99. The van der Waals surface area contributed by atoms with Gasteiger partial charge in [-0.15, -0.1) is 0 Å². The Labute approximate surface area is 102 Å². The van der Waals surface area contributed by atoms with Gasteiger partial charge >= 0.3 is 5.97 Å². The zero-order valence-electron chi connectivity index (χ0n) is 9.34. The molecular weight excluding hydrogens is 238 g/mol. The van der Waals surface area contributed by atoms with Crippen molar-refractivity contribution in [1.29, 1.82) is 0 Å². The number of nitrogens with one attached hydrogen (secondary N) is 2. The minimum absolute atomic E-state index is 0.0952. The summed E-state index contributed by atoms with van der Waals surface area (Å²) in [6.45, 7) is 0. The molecule has 0 radical (unpaired) electrons. The largest absolute Gasteiger partial charge is 0.477 e. The van der Waals surface area contributed by atoms with Gasteiger partial charge in [-0.05, 0) is 18.6 Å². The number of amides is 2. The standard InChI is InChI=1S/C11H11N3O4/c15-9-4-3-7(14-9)10(16)13-6-1-2-8(11(17)18)12-5-6/h1-2,5,7H,3-4H2,(H,13,16)(H,14,15)(H,17,18). The van der Waals surface area contributed by atoms with Crippen LogP contribution in [0.1, 0.15) is 23.3 Å². The minimum atomic E-state index is -1.13. The average molecular weight is 249 g/mol. The molecule has 1 atom stereocenters. The first-order valence-electron chi connectivity index (χ1n) is 5.36. The quantitative estimate of drug-likeness (QED) is 0.698. The van der Waals surface area contributed by atoms with E-state index in [1.165, 1.54) is 18.3 Å². The summed E-state index contributed by atoms with van der Waals surface area (Å²) in [6, 6.07) is 2.22. The number of carbonyl (C=O) groups excluding carboxylic acids is 2. The maximum absolute atomic E-state index is 11.7. The van der Waals surface area contributed by atoms with Gasteiger partial charge in [0.25, 0.3) is 0 Å². The van der Waals surface area contributed by atoms with Crippen LogP contribution in [0.5, 0.6) is 0 Å². The lowest BCUT2D eigenvalue weighted by atomic mass is 10.2. The fraction of sp³-hybridized carbons (Fsp3) is 0.273. The summed E-state index contributed by atoms with van der Waals surface area (Å²) in [4.78, 5) is 36.9. The van der Waals surface area contributed by atoms with Crippen molar-refractivity contribution in [2.45, 2.75) is 18.9 Å². The lowest BCUT2D eigenvalue weighted by molar-refractivity contribution is -0.122. The van der Waals surface area contributed by atoms with Crippen molar-refractivity contribution in [3.05, 3.63) is 24.0 Å². The molecule has 1 saturated heterocycles. The molecule has 1 aromatic rings. The predicted octanol–water partition coefficient (Wildman–Crippen LogP) is -0.00310. The van der Waals surface area contributed by atoms with Crippen LogP contribution in [-0.2, 0) is 9.59 Å². The van der Waals surface area contributed by atoms with Crippen LogP contribution < -0.4 is 10.6 Å². The number of anilines is 1. The van der Waals surface area contributed by atoms with E-state index < -0.39 is 12.0 Å². The first-order valence-corrected chi connectivity index (χ1v) is 5.36. The number of aromatic carboxylic acids is 1. The number of carboxylic acids is 1. The van der Waals surface area contributed by atoms with Gasteiger partial charge in [-0.3, -0.25) is 9.59 Å². The number of hydrogen-bond acceptors (Lipinski definition) is 4. The van der Waals surface area contributed by atoms with Crippen molar-refractivity contribution in [3.8, 4) is 0 Å². The first kappa shape index (κ1) is 12.0. The van der Waals surface area contributed by atoms with Crippen LogP contribution >= 0.6 is 0 Å². The molecule has 0 aromatic carbocycles. The van der Waals surface area contributed by atoms with Crippen LogP contribution in [0, 0.1) is 0 Å². The number of pyridine rings is 1. The van der Waals surface area contributed by atoms with Gasteiger partial charge in [0, 0.05) is 6.42 Å². The maximum atomic E-state index is 11.7. The van der Waals surface area contributed by atoms with Crippen molar-refractivity contribution in [1.82, 2.24) is 10.3 Å². The lowest BCUT2D eigenvalue weighted by Crippen LogP contribution is -2.37. The highest BCUT2D eigenvalue weighted by Crippen LogP contribution is 2.11. The molecule has 7 heteroatoms. The van der Waals surface area contributed by atoms with Crippen LogP contribution in [-0.4, -0.2) is 33.9 Å². The van der Waals surface area contributed by atoms with Crippen molar-refractivity contribution in [2.75, 3.05) is 5.32 Å². The van der Waals surface area contributed by atoms with Gasteiger partial charge in [0.1, 0.15) is 11.7 Å². The predicted molar refractivity (Wildman–Crippen MR) is 61.0 cm³/mol. The number of aromatic nitrogens is 1. The van der Waals surface area contributed by atoms with Crippen LogP contribution in [0.3, 0.4) is 0 Å². The third-order valence-electron chi connectivity index (χ3n) is 2.56. The van der Waals surface area contributed by atoms with Crippen LogP contribution in [0.25, 0.3) is 0 Å². The minimum Gasteiger partial charge on any atom is -0.477 e. The number of carbonyl (C=O) groups is 3. The fourth-order valence-corrected chi connectivity index (χ4v) is 1.63. The number of nitrogens with zero attached hydrogens (tertiary/aromatic N) is 1. The average Bonchev–Trinajstić information content (AvgIpc) is 2.76. The molecule has 3 N–H and O–H groups in total. The smallest absolute Gasteiger partial charge is 0.354 e. The van der Waals surface area contributed by atoms with Gasteiger partial charge in [-0.1, -0.05) is 0 Å². The second kappa shape index (κ2) is 4.82. The molecule has 0 spiro atoms. The molecule has 2 heterocycles. The van der Waals surface area contributed by atoms with Crippen molar-refractivity contribution < 1.29 is 19.5 Å². The Bertz CT molecular complexity index is 498. The van der Waals surface area contributed by atoms with Gasteiger partial charge < -0.3 is 15.7 Å². The van der Waals surface area contributed by atoms with Gasteiger partial charge in [0.2, 0.25) is 11.8 Å². The summed E-state index contributed by atoms with van der Waals surface area (Å²) in [7, 11) is 0. The summed E-state index contributed by atoms with van der Waals surface area (Å²) in [5.41, 5.74) is 0.299. The van der Waals surface area contributed by atoms with Crippen LogP contribution in [0.4, 0.5) is 5.69 Å². The zero-order valence-corrected chi connectivity index (χ0v) is 9.34. The molecule has 1 aliphatic rings. The summed E-state index contributed by atoms with van der Waals surface area (Å²) in [5, 5.41) is 13.8. The molecule has 7 nitrogen and oxygen atoms in total. The first-order chi connectivity index (χ1) is 8.56. The van der Waals surface area contributed by atoms with Gasteiger partial charge in [-0.2, -0.15) is 0 Å². The number of hydrogen-bond donors (Lipinski definition) is 3. The zero-order chi connectivity index (χ0) is 13.1. The Morgan fingerprint density at radius 1 is 1.44 bits per heavy atom. The van der Waals surface area contributed by atoms with Crippen LogP contribution in [0.15, 0.2) is 18.3 Å². The second-order valence-corrected chi connectivity index (χ2v) is 3.89. The summed E-state index contributed by atoms with van der Waals surface area (Å²) < 4.78 is 0. The molecule has 0 saturated carbocycles. The van der Waals surface area contributed by atoms with Crippen molar-refractivity contribution in [2.24, 2.45) is 0 Å². The monoisotopic (exact) mass is 249 g/mol. The topological polar surface area (TPSA) is 108 Å². The van der Waals surface area contributed by atoms with Crippen LogP contribution in [0.2, 0.25) is 0 Å². The normalized spacial score (nSPS) is 18.2. The molecule has 1 fully saturated rings. The summed E-state index contributed by atoms with van der Waals surface area (Å²) >= 11 is 0. The molecule has 0 bridgehead atoms. The highest BCUT2D eigenvalue weighted by Gasteiger charge is 2.27. The van der Waals surface area contributed by atoms with E-state index in [1.54, 1.807) is 0 Å². The molecule has 2 rings (SSSR count). The van der Waals surface area contributed by atoms with E-state index in [1.807, 2.05) is 0 Å². The maximum Gasteiger partial charge on any atom is 0.354 e. The number of carboxylic acid groups (broad SMARTS) is 1. The summed E-state index contributed by atoms with van der Waals surface area (Å²) in [5.74, 6) is -1.60. The van der Waals surface area contributed by atoms with Gasteiger partial charge in [0.15, 0.2) is 0 Å². The molecule has 18 heavy (non-hydrogen) atoms. The Morgan fingerprint density at radius 3 is 2.72 bits per heavy atom. The highest BCUT2D eigenvalue weighted by atomic mass is 16.4. The summed E-state index contributed by atoms with van der Waals surface area (Å²) in [6.07, 6.45) is 2.07. The van der Waals surface area contributed by atoms with E-state index in [9.17, 15) is 14.4 Å². The third kappa shape index (κ3) is 2.62. The van der Waals surface area contributed by atoms with E-state index in [0.29, 0.717) is 18.5 Å². The van der Waals surface area contributed by atoms with E-state index in [4.69, 9.17) is 5.11 Å². The molecule has 1 aromatic heterocycles. The third-order valence-corrected chi connectivity index (χ3v) is 2.56.